The van der Waals surface area contributed by atoms with E-state index in [1.807, 2.05) is 0 Å². The second-order valence-corrected chi connectivity index (χ2v) is 26.3. The van der Waals surface area contributed by atoms with E-state index < -0.39 is 240 Å². The number of carbonyl (C=O) groups excluding carboxylic acids is 5. The zero-order chi connectivity index (χ0) is 73.0. The summed E-state index contributed by atoms with van der Waals surface area (Å²) in [4.78, 5) is 64.7. The van der Waals surface area contributed by atoms with Crippen LogP contribution in [0.2, 0.25) is 0 Å². The molecule has 6 heterocycles. The molecule has 35 nitrogen and oxygen atoms in total. The molecule has 18 N–H and O–H groups in total. The van der Waals surface area contributed by atoms with Gasteiger partial charge in [-0.25, -0.2) is 0 Å². The van der Waals surface area contributed by atoms with Gasteiger partial charge >= 0.3 is 5.95 Å². The second-order valence-electron chi connectivity index (χ2n) is 26.3. The number of aliphatic hydroxyl groups excluding tert-OH is 13. The Balaban J connectivity index is 1.17. The molecule has 0 radical (unpaired) electrons. The van der Waals surface area contributed by atoms with Gasteiger partial charge in [-0.15, -0.1) is 0 Å². The summed E-state index contributed by atoms with van der Waals surface area (Å²) in [5, 5.41) is 159. The van der Waals surface area contributed by atoms with Crippen LogP contribution < -0.4 is 26.6 Å². The lowest BCUT2D eigenvalue weighted by Crippen LogP contribution is -2.74. The monoisotopic (exact) mass is 1430 g/mol. The van der Waals surface area contributed by atoms with Crippen molar-refractivity contribution in [3.63, 3.8) is 0 Å². The number of ether oxygens (including phenoxy) is 12. The van der Waals surface area contributed by atoms with Gasteiger partial charge in [0.25, 0.3) is 0 Å². The third-order valence-electron chi connectivity index (χ3n) is 18.3. The van der Waals surface area contributed by atoms with E-state index in [-0.39, 0.29) is 12.2 Å². The van der Waals surface area contributed by atoms with E-state index in [1.165, 1.54) is 39.5 Å². The van der Waals surface area contributed by atoms with Crippen LogP contribution in [0, 0.1) is 0 Å². The SMILES string of the molecule is CCCCCC/C=C\CCCCCCCCCC(=O)NC1[C@H](O[C@@H]2C(CO)O[C@@H](O[C@@H]3C(CO)O[C@@H](O[C@H]4[C@H](O)C(NC(C)=O)[C@H](O[C@@H]5C(COC6=C(OC)C(O)[C@H](O)C(C)O6)O[C@@H](O)C(NC(C)=O)[C@H]5O)OC4(C)CO)C(NC(C)=O)[C@H]3O)C(NC(C)=O)[C@H]2O)OC(CO)[C@@H](O)[C@@H]1O. The number of hydrogen-bond donors (Lipinski definition) is 18. The molecule has 35 heteroatoms. The first-order valence-electron chi connectivity index (χ1n) is 34.2. The molecule has 0 saturated carbocycles. The molecule has 570 valence electrons. The fourth-order valence-corrected chi connectivity index (χ4v) is 12.9. The van der Waals surface area contributed by atoms with Crippen LogP contribution in [-0.4, -0.2) is 307 Å². The van der Waals surface area contributed by atoms with Crippen LogP contribution in [0.25, 0.3) is 0 Å². The van der Waals surface area contributed by atoms with Gasteiger partial charge in [0, 0.05) is 34.1 Å². The van der Waals surface area contributed by atoms with Crippen LogP contribution in [-0.2, 0) is 80.8 Å². The van der Waals surface area contributed by atoms with Crippen molar-refractivity contribution in [2.45, 2.75) is 309 Å². The molecule has 0 aromatic heterocycles. The molecular weight excluding hydrogens is 1320 g/mol. The van der Waals surface area contributed by atoms with E-state index in [1.54, 1.807) is 0 Å². The van der Waals surface area contributed by atoms with Gasteiger partial charge in [-0.3, -0.25) is 24.0 Å². The van der Waals surface area contributed by atoms with E-state index in [2.05, 4.69) is 45.7 Å². The maximum atomic E-state index is 13.5. The number of methoxy groups -OCH3 is 1. The predicted octanol–water partition coefficient (Wildman–Crippen LogP) is -4.82. The van der Waals surface area contributed by atoms with Gasteiger partial charge in [0.15, 0.2) is 31.5 Å². The van der Waals surface area contributed by atoms with Gasteiger partial charge in [0.1, 0.15) is 146 Å². The Kier molecular flexibility index (Phi) is 33.5. The van der Waals surface area contributed by atoms with Gasteiger partial charge in [0.05, 0.1) is 33.5 Å². The van der Waals surface area contributed by atoms with Crippen molar-refractivity contribution in [3.05, 3.63) is 23.9 Å². The molecule has 0 bridgehead atoms. The molecule has 6 aliphatic rings. The minimum Gasteiger partial charge on any atom is -0.492 e. The molecule has 6 rings (SSSR count). The number of amides is 5. The molecule has 5 saturated heterocycles. The first-order chi connectivity index (χ1) is 47.1. The summed E-state index contributed by atoms with van der Waals surface area (Å²) in [6.07, 6.45) is -21.0. The topological polar surface area (TPSA) is 519 Å². The average molecular weight is 1430 g/mol. The molecule has 0 aromatic rings. The molecule has 0 aromatic carbocycles. The van der Waals surface area contributed by atoms with Crippen molar-refractivity contribution in [3.8, 4) is 0 Å². The normalized spacial score (nSPS) is 38.8. The van der Waals surface area contributed by atoms with Gasteiger partial charge in [-0.05, 0) is 46.0 Å². The van der Waals surface area contributed by atoms with Gasteiger partial charge in [-0.2, -0.15) is 0 Å². The molecule has 5 amide bonds. The quantitative estimate of drug-likeness (QED) is 0.0207. The molecule has 28 atom stereocenters. The lowest BCUT2D eigenvalue weighted by molar-refractivity contribution is -0.380. The summed E-state index contributed by atoms with van der Waals surface area (Å²) in [7, 11) is 1.16. The lowest BCUT2D eigenvalue weighted by Gasteiger charge is -2.53. The van der Waals surface area contributed by atoms with Gasteiger partial charge < -0.3 is 150 Å². The number of nitrogens with one attached hydrogen (secondary N) is 5. The molecule has 12 unspecified atom stereocenters. The van der Waals surface area contributed by atoms with E-state index >= 15 is 0 Å². The number of carbonyl (C=O) groups is 5. The summed E-state index contributed by atoms with van der Waals surface area (Å²) in [5.74, 6) is -4.52. The Labute approximate surface area is 575 Å². The van der Waals surface area contributed by atoms with Crippen molar-refractivity contribution in [1.29, 1.82) is 0 Å². The maximum absolute atomic E-state index is 13.5. The summed E-state index contributed by atoms with van der Waals surface area (Å²) >= 11 is 0. The first-order valence-corrected chi connectivity index (χ1v) is 34.2. The second kappa shape index (κ2) is 39.8. The van der Waals surface area contributed by atoms with E-state index in [0.717, 1.165) is 86.2 Å². The summed E-state index contributed by atoms with van der Waals surface area (Å²) < 4.78 is 72.0. The Morgan fingerprint density at radius 1 is 0.495 bits per heavy atom. The molecule has 0 spiro atoms. The van der Waals surface area contributed by atoms with E-state index in [0.29, 0.717) is 6.42 Å². The molecule has 99 heavy (non-hydrogen) atoms. The Hall–Kier alpha value is -4.65. The zero-order valence-corrected chi connectivity index (χ0v) is 57.4. The van der Waals surface area contributed by atoms with Crippen LogP contribution in [0.15, 0.2) is 23.9 Å². The van der Waals surface area contributed by atoms with Crippen molar-refractivity contribution < 1.29 is 147 Å². The summed E-state index contributed by atoms with van der Waals surface area (Å²) in [6.45, 7) is 4.42. The highest BCUT2D eigenvalue weighted by Gasteiger charge is 2.60. The fourth-order valence-electron chi connectivity index (χ4n) is 12.9. The summed E-state index contributed by atoms with van der Waals surface area (Å²) in [5.41, 5.74) is -2.19. The van der Waals surface area contributed by atoms with E-state index in [9.17, 15) is 90.4 Å². The highest BCUT2D eigenvalue weighted by Crippen LogP contribution is 2.40. The van der Waals surface area contributed by atoms with Crippen molar-refractivity contribution in [2.75, 3.05) is 40.1 Å². The summed E-state index contributed by atoms with van der Waals surface area (Å²) in [6, 6.07) is -8.43. The van der Waals surface area contributed by atoms with Crippen LogP contribution >= 0.6 is 0 Å². The standard InChI is InChI=1S/C64H109N5O30/c1-9-10-11-12-13-14-15-16-17-18-19-20-21-22-23-24-39(78)69-41-47(81)46(80)35(25-70)92-59(41)95-53-36(26-71)93-60(42(49(53)83)66-32(4)75)96-54-37(27-72)94-61(43(50(54)84)67-33(5)76)98-57-51(85)44(68-34(6)77)62(99-64(57,7)29-73)97-55-38(91-58(87)40(48(55)82)65-31(3)74)28-89-63-56(88-8)52(86)45(79)30(2)90-63/h14-15,30,35-38,40-55,57-62,70-73,79-87H,9-13,16-29H2,1-8H3,(H,65,74)(H,66,75)(H,67,76)(H,68,77)(H,69,78)/b15-14-/t30?,35?,36?,37?,38?,40?,41?,42?,43?,44?,45-,46-,47-,48-,49-,50-,51-,52?,53-,54-,55-,57+,58-,59+,60+,61+,62-,64?/m1/s1. The van der Waals surface area contributed by atoms with Gasteiger partial charge in [0.2, 0.25) is 35.3 Å². The number of aliphatic hydroxyl groups is 13. The van der Waals surface area contributed by atoms with Crippen LogP contribution in [0.4, 0.5) is 0 Å². The lowest BCUT2D eigenvalue weighted by atomic mass is 9.86. The Morgan fingerprint density at radius 3 is 1.42 bits per heavy atom. The minimum atomic E-state index is -2.19. The third-order valence-corrected chi connectivity index (χ3v) is 18.3. The number of rotatable bonds is 36. The Bertz CT molecular complexity index is 2580. The minimum absolute atomic E-state index is 0.0148. The first kappa shape index (κ1) is 83.3. The maximum Gasteiger partial charge on any atom is 0.322 e. The highest BCUT2D eigenvalue weighted by atomic mass is 16.8. The van der Waals surface area contributed by atoms with E-state index in [4.69, 9.17) is 56.8 Å². The highest BCUT2D eigenvalue weighted by molar-refractivity contribution is 5.76. The molecule has 6 aliphatic heterocycles. The van der Waals surface area contributed by atoms with Crippen molar-refractivity contribution in [2.24, 2.45) is 0 Å². The number of unbranched alkanes of at least 4 members (excludes halogenated alkanes) is 11. The average Bonchev–Trinajstić information content (AvgIpc) is 0.754. The zero-order valence-electron chi connectivity index (χ0n) is 57.4. The van der Waals surface area contributed by atoms with Gasteiger partial charge in [-0.1, -0.05) is 70.4 Å². The van der Waals surface area contributed by atoms with Crippen LogP contribution in [0.5, 0.6) is 0 Å². The largest absolute Gasteiger partial charge is 0.492 e. The third kappa shape index (κ3) is 22.2. The fraction of sp³-hybridized carbons (Fsp3) is 0.859. The molecule has 5 fully saturated rings. The van der Waals surface area contributed by atoms with Crippen LogP contribution in [0.1, 0.15) is 138 Å². The van der Waals surface area contributed by atoms with Crippen LogP contribution in [0.3, 0.4) is 0 Å². The van der Waals surface area contributed by atoms with Crippen molar-refractivity contribution >= 4 is 29.5 Å². The number of allylic oxidation sites excluding steroid dienone is 2. The number of hydrogen-bond acceptors (Lipinski definition) is 30. The predicted molar refractivity (Wildman–Crippen MR) is 338 cm³/mol. The molecular formula is C64H109N5O30. The molecule has 0 aliphatic carbocycles. The Morgan fingerprint density at radius 2 is 0.929 bits per heavy atom. The smallest absolute Gasteiger partial charge is 0.322 e. The van der Waals surface area contributed by atoms with Crippen molar-refractivity contribution in [1.82, 2.24) is 26.6 Å².